The van der Waals surface area contributed by atoms with Gasteiger partial charge in [0.15, 0.2) is 5.82 Å². The van der Waals surface area contributed by atoms with Crippen LogP contribution in [0.25, 0.3) is 0 Å². The van der Waals surface area contributed by atoms with E-state index in [0.29, 0.717) is 5.92 Å². The first kappa shape index (κ1) is 7.25. The van der Waals surface area contributed by atoms with E-state index in [1.807, 2.05) is 4.68 Å². The van der Waals surface area contributed by atoms with Gasteiger partial charge in [-0.2, -0.15) is 5.10 Å². The Morgan fingerprint density at radius 2 is 2.30 bits per heavy atom. The van der Waals surface area contributed by atoms with Crippen LogP contribution in [0, 0.1) is 0 Å². The molecule has 0 fully saturated rings. The molecule has 0 bridgehead atoms. The third-order valence-electron chi connectivity index (χ3n) is 1.39. The van der Waals surface area contributed by atoms with Crippen LogP contribution in [0.5, 0.6) is 0 Å². The second-order valence-corrected chi connectivity index (χ2v) is 2.61. The largest absolute Gasteiger partial charge is 0.253 e. The van der Waals surface area contributed by atoms with Crippen LogP contribution in [0.3, 0.4) is 0 Å². The third kappa shape index (κ3) is 1.35. The minimum absolute atomic E-state index is 0.438. The van der Waals surface area contributed by atoms with Crippen molar-refractivity contribution in [2.75, 3.05) is 0 Å². The van der Waals surface area contributed by atoms with Gasteiger partial charge in [-0.15, -0.1) is 0 Å². The summed E-state index contributed by atoms with van der Waals surface area (Å²) in [7, 11) is 0. The number of nitrogens with zero attached hydrogens (tertiary/aromatic N) is 3. The zero-order chi connectivity index (χ0) is 7.56. The summed E-state index contributed by atoms with van der Waals surface area (Å²) in [4.78, 5) is 4.14. The van der Waals surface area contributed by atoms with E-state index < -0.39 is 0 Å². The minimum Gasteiger partial charge on any atom is -0.253 e. The third-order valence-corrected chi connectivity index (χ3v) is 1.39. The molecule has 1 rings (SSSR count). The summed E-state index contributed by atoms with van der Waals surface area (Å²) < 4.78 is 1.84. The van der Waals surface area contributed by atoms with Gasteiger partial charge in [0.25, 0.3) is 0 Å². The highest BCUT2D eigenvalue weighted by atomic mass is 15.3. The second kappa shape index (κ2) is 2.82. The van der Waals surface area contributed by atoms with Gasteiger partial charge < -0.3 is 0 Å². The lowest BCUT2D eigenvalue weighted by molar-refractivity contribution is 0.635. The molecule has 56 valence electrons. The zero-order valence-electron chi connectivity index (χ0n) is 6.70. The first-order chi connectivity index (χ1) is 4.74. The van der Waals surface area contributed by atoms with Crippen LogP contribution < -0.4 is 0 Å². The Hall–Kier alpha value is -0.860. The summed E-state index contributed by atoms with van der Waals surface area (Å²) in [5.41, 5.74) is 0. The SMILES string of the molecule is CCn1cnc(C(C)C)n1. The quantitative estimate of drug-likeness (QED) is 0.620. The smallest absolute Gasteiger partial charge is 0.153 e. The van der Waals surface area contributed by atoms with Crippen molar-refractivity contribution in [1.29, 1.82) is 0 Å². The molecule has 0 N–H and O–H groups in total. The van der Waals surface area contributed by atoms with E-state index in [1.165, 1.54) is 0 Å². The molecule has 0 aliphatic heterocycles. The van der Waals surface area contributed by atoms with Gasteiger partial charge in [0.2, 0.25) is 0 Å². The van der Waals surface area contributed by atoms with Gasteiger partial charge in [-0.05, 0) is 6.92 Å². The fourth-order valence-electron chi connectivity index (χ4n) is 0.726. The first-order valence-corrected chi connectivity index (χ1v) is 3.63. The first-order valence-electron chi connectivity index (χ1n) is 3.63. The topological polar surface area (TPSA) is 30.7 Å². The molecule has 3 nitrogen and oxygen atoms in total. The summed E-state index contributed by atoms with van der Waals surface area (Å²) in [5.74, 6) is 1.37. The van der Waals surface area contributed by atoms with Crippen molar-refractivity contribution in [2.24, 2.45) is 0 Å². The summed E-state index contributed by atoms with van der Waals surface area (Å²) in [6.45, 7) is 7.14. The van der Waals surface area contributed by atoms with Gasteiger partial charge in [-0.25, -0.2) is 4.98 Å². The molecule has 3 heteroatoms. The normalized spacial score (nSPS) is 10.8. The summed E-state index contributed by atoms with van der Waals surface area (Å²) >= 11 is 0. The highest BCUT2D eigenvalue weighted by molar-refractivity contribution is 4.88. The average molecular weight is 139 g/mol. The Morgan fingerprint density at radius 3 is 2.60 bits per heavy atom. The molecule has 0 aliphatic rings. The fraction of sp³-hybridized carbons (Fsp3) is 0.714. The van der Waals surface area contributed by atoms with Crippen LogP contribution in [0.1, 0.15) is 32.5 Å². The highest BCUT2D eigenvalue weighted by Gasteiger charge is 2.02. The number of hydrogen-bond acceptors (Lipinski definition) is 2. The molecule has 0 aromatic carbocycles. The Bertz CT molecular complexity index is 202. The molecule has 0 radical (unpaired) electrons. The van der Waals surface area contributed by atoms with Crippen molar-refractivity contribution >= 4 is 0 Å². The molecule has 0 amide bonds. The maximum atomic E-state index is 4.23. The minimum atomic E-state index is 0.438. The van der Waals surface area contributed by atoms with Crippen molar-refractivity contribution in [3.63, 3.8) is 0 Å². The van der Waals surface area contributed by atoms with E-state index >= 15 is 0 Å². The van der Waals surface area contributed by atoms with Gasteiger partial charge in [-0.1, -0.05) is 13.8 Å². The number of rotatable bonds is 2. The number of aryl methyl sites for hydroxylation is 1. The lowest BCUT2D eigenvalue weighted by Crippen LogP contribution is -1.96. The molecule has 1 heterocycles. The lowest BCUT2D eigenvalue weighted by Gasteiger charge is -1.94. The number of aromatic nitrogens is 3. The molecule has 10 heavy (non-hydrogen) atoms. The second-order valence-electron chi connectivity index (χ2n) is 2.61. The lowest BCUT2D eigenvalue weighted by atomic mass is 10.2. The van der Waals surface area contributed by atoms with E-state index in [9.17, 15) is 0 Å². The van der Waals surface area contributed by atoms with Crippen LogP contribution in [0.15, 0.2) is 6.33 Å². The maximum absolute atomic E-state index is 4.23. The van der Waals surface area contributed by atoms with E-state index in [1.54, 1.807) is 6.33 Å². The van der Waals surface area contributed by atoms with Crippen molar-refractivity contribution in [3.05, 3.63) is 12.2 Å². The van der Waals surface area contributed by atoms with Crippen LogP contribution in [0.2, 0.25) is 0 Å². The van der Waals surface area contributed by atoms with E-state index in [2.05, 4.69) is 30.9 Å². The van der Waals surface area contributed by atoms with Gasteiger partial charge in [-0.3, -0.25) is 4.68 Å². The fourth-order valence-corrected chi connectivity index (χ4v) is 0.726. The number of hydrogen-bond donors (Lipinski definition) is 0. The molecular formula is C7H13N3. The average Bonchev–Trinajstić information content (AvgIpc) is 2.34. The molecule has 0 saturated heterocycles. The van der Waals surface area contributed by atoms with Crippen LogP contribution in [-0.2, 0) is 6.54 Å². The van der Waals surface area contributed by atoms with Crippen molar-refractivity contribution in [1.82, 2.24) is 14.8 Å². The van der Waals surface area contributed by atoms with Crippen LogP contribution >= 0.6 is 0 Å². The molecule has 0 atom stereocenters. The van der Waals surface area contributed by atoms with E-state index in [-0.39, 0.29) is 0 Å². The Labute approximate surface area is 61.1 Å². The summed E-state index contributed by atoms with van der Waals surface area (Å²) in [5, 5.41) is 4.23. The van der Waals surface area contributed by atoms with E-state index in [0.717, 1.165) is 12.4 Å². The Balaban J connectivity index is 2.78. The van der Waals surface area contributed by atoms with Gasteiger partial charge in [0, 0.05) is 12.5 Å². The van der Waals surface area contributed by atoms with Crippen molar-refractivity contribution in [3.8, 4) is 0 Å². The van der Waals surface area contributed by atoms with Crippen LogP contribution in [-0.4, -0.2) is 14.8 Å². The van der Waals surface area contributed by atoms with E-state index in [4.69, 9.17) is 0 Å². The Morgan fingerprint density at radius 1 is 1.60 bits per heavy atom. The highest BCUT2D eigenvalue weighted by Crippen LogP contribution is 2.06. The molecule has 0 spiro atoms. The molecular weight excluding hydrogens is 126 g/mol. The standard InChI is InChI=1S/C7H13N3/c1-4-10-5-8-7(9-10)6(2)3/h5-6H,4H2,1-3H3. The van der Waals surface area contributed by atoms with Crippen molar-refractivity contribution in [2.45, 2.75) is 33.2 Å². The predicted molar refractivity (Wildman–Crippen MR) is 39.8 cm³/mol. The predicted octanol–water partition coefficient (Wildman–Crippen LogP) is 1.42. The van der Waals surface area contributed by atoms with Gasteiger partial charge in [0.05, 0.1) is 0 Å². The molecule has 0 unspecified atom stereocenters. The Kier molecular flexibility index (Phi) is 2.04. The molecule has 1 aromatic heterocycles. The molecule has 0 aliphatic carbocycles. The monoisotopic (exact) mass is 139 g/mol. The van der Waals surface area contributed by atoms with Gasteiger partial charge >= 0.3 is 0 Å². The summed E-state index contributed by atoms with van der Waals surface area (Å²) in [6.07, 6.45) is 1.77. The maximum Gasteiger partial charge on any atom is 0.153 e. The molecule has 0 saturated carbocycles. The van der Waals surface area contributed by atoms with Crippen molar-refractivity contribution < 1.29 is 0 Å². The zero-order valence-corrected chi connectivity index (χ0v) is 6.70. The summed E-state index contributed by atoms with van der Waals surface area (Å²) in [6, 6.07) is 0. The van der Waals surface area contributed by atoms with Gasteiger partial charge in [0.1, 0.15) is 6.33 Å². The van der Waals surface area contributed by atoms with Crippen LogP contribution in [0.4, 0.5) is 0 Å². The molecule has 1 aromatic rings.